The van der Waals surface area contributed by atoms with Gasteiger partial charge in [0.05, 0.1) is 10.9 Å². The standard InChI is InChI=1S/C38H43NO2P2S7/c1-6-7-8-9-10-35(37(49-42-45,40-31-19-11-27(2)12-20-31)47-33-23-15-29(4)16-24-33)36(44)39-38(50-43-46,41-32-21-13-28(3)14-22-32)48-34-25-17-30(5)18-26-34/h11-26,35H,6-10H2,1-5H3,(H,39,44)/p+2. The number of benzene rings is 4. The highest BCUT2D eigenvalue weighted by Gasteiger charge is 2.51. The first kappa shape index (κ1) is 41.6. The number of thioether (sulfide) groups is 2. The molecule has 0 radical (unpaired) electrons. The number of unbranched alkanes of at least 4 members (excludes halogenated alkanes) is 3. The SMILES string of the molecule is CCCCCCC(C(=S)NC(Oc1ccc(C)cc1)(S[PH+]=S)Sc1ccc(C)cc1)C(Oc1ccc(C)cc1)(S[PH+]=S)Sc1ccc(C)cc1. The van der Waals surface area contributed by atoms with Crippen LogP contribution in [0, 0.1) is 33.6 Å². The number of hydrogen-bond acceptors (Lipinski definition) is 9. The van der Waals surface area contributed by atoms with Gasteiger partial charge in [0.15, 0.2) is 46.4 Å². The number of thiocarbonyl (C=S) groups is 1. The van der Waals surface area contributed by atoms with E-state index in [1.807, 2.05) is 24.3 Å². The van der Waals surface area contributed by atoms with Crippen LogP contribution in [0.15, 0.2) is 107 Å². The van der Waals surface area contributed by atoms with Gasteiger partial charge in [-0.1, -0.05) is 127 Å². The molecule has 0 heterocycles. The zero-order chi connectivity index (χ0) is 36.0. The van der Waals surface area contributed by atoms with Crippen molar-refractivity contribution in [3.63, 3.8) is 0 Å². The molecule has 12 heteroatoms. The fourth-order valence-electron chi connectivity index (χ4n) is 5.07. The van der Waals surface area contributed by atoms with Crippen LogP contribution in [-0.2, 0) is 23.6 Å². The van der Waals surface area contributed by atoms with Gasteiger partial charge in [-0.3, -0.25) is 0 Å². The van der Waals surface area contributed by atoms with Crippen molar-refractivity contribution >= 4 is 100 Å². The predicted octanol–water partition coefficient (Wildman–Crippen LogP) is 13.3. The molecule has 4 rings (SSSR count). The molecule has 5 atom stereocenters. The topological polar surface area (TPSA) is 30.5 Å². The highest BCUT2D eigenvalue weighted by Crippen LogP contribution is 2.55. The van der Waals surface area contributed by atoms with Crippen molar-refractivity contribution in [3.05, 3.63) is 119 Å². The molecule has 0 aliphatic heterocycles. The summed E-state index contributed by atoms with van der Waals surface area (Å²) in [6.07, 6.45) is 5.24. The molecule has 0 fully saturated rings. The smallest absolute Gasteiger partial charge is 0.327 e. The van der Waals surface area contributed by atoms with E-state index < -0.39 is 8.65 Å². The second kappa shape index (κ2) is 20.9. The maximum absolute atomic E-state index is 7.17. The molecular weight excluding hydrogens is 789 g/mol. The minimum absolute atomic E-state index is 0.117. The quantitative estimate of drug-likeness (QED) is 0.0305. The van der Waals surface area contributed by atoms with Crippen LogP contribution in [0.3, 0.4) is 0 Å². The Kier molecular flexibility index (Phi) is 17.4. The number of ether oxygens (including phenoxy) is 2. The molecule has 5 unspecified atom stereocenters. The first-order valence-electron chi connectivity index (χ1n) is 16.5. The lowest BCUT2D eigenvalue weighted by Crippen LogP contribution is -2.53. The van der Waals surface area contributed by atoms with Gasteiger partial charge < -0.3 is 14.8 Å². The second-order valence-corrected chi connectivity index (χ2v) is 22.7. The molecule has 0 aliphatic rings. The first-order valence-corrected chi connectivity index (χ1v) is 25.9. The molecule has 0 aromatic heterocycles. The van der Waals surface area contributed by atoms with Gasteiger partial charge in [-0.25, -0.2) is 0 Å². The van der Waals surface area contributed by atoms with Gasteiger partial charge in [0.1, 0.15) is 11.5 Å². The van der Waals surface area contributed by atoms with Crippen molar-refractivity contribution in [1.82, 2.24) is 5.32 Å². The lowest BCUT2D eigenvalue weighted by atomic mass is 10.0. The molecule has 0 amide bonds. The van der Waals surface area contributed by atoms with E-state index in [9.17, 15) is 0 Å². The Balaban J connectivity index is 1.84. The van der Waals surface area contributed by atoms with Gasteiger partial charge in [-0.05, 0) is 94.4 Å². The number of hydrogen-bond donors (Lipinski definition) is 1. The van der Waals surface area contributed by atoms with Gasteiger partial charge >= 0.3 is 4.39 Å². The summed E-state index contributed by atoms with van der Waals surface area (Å²) in [5.41, 5.74) is 4.74. The Labute approximate surface area is 334 Å². The fourth-order valence-corrected chi connectivity index (χ4v) is 15.9. The van der Waals surface area contributed by atoms with Gasteiger partial charge in [0.25, 0.3) is 4.27 Å². The Morgan fingerprint density at radius 3 is 1.58 bits per heavy atom. The number of rotatable bonds is 20. The number of aryl methyl sites for hydroxylation is 4. The van der Waals surface area contributed by atoms with E-state index in [0.717, 1.165) is 59.0 Å². The van der Waals surface area contributed by atoms with E-state index in [-0.39, 0.29) is 19.0 Å². The molecule has 0 bridgehead atoms. The van der Waals surface area contributed by atoms with E-state index in [4.69, 9.17) is 45.3 Å². The summed E-state index contributed by atoms with van der Waals surface area (Å²) in [7, 11) is 0. The van der Waals surface area contributed by atoms with Crippen molar-refractivity contribution in [2.24, 2.45) is 5.92 Å². The summed E-state index contributed by atoms with van der Waals surface area (Å²) >= 11 is 24.5. The third-order valence-corrected chi connectivity index (χ3v) is 17.3. The molecule has 3 nitrogen and oxygen atoms in total. The molecule has 0 aliphatic carbocycles. The summed E-state index contributed by atoms with van der Waals surface area (Å²) < 4.78 is 12.2. The van der Waals surface area contributed by atoms with Crippen LogP contribution < -0.4 is 14.8 Å². The average molecular weight is 834 g/mol. The third kappa shape index (κ3) is 12.7. The van der Waals surface area contributed by atoms with Crippen LogP contribution in [-0.4, -0.2) is 13.6 Å². The fraction of sp³-hybridized carbons (Fsp3) is 0.342. The molecule has 264 valence electrons. The van der Waals surface area contributed by atoms with E-state index in [1.165, 1.54) is 16.7 Å². The molecule has 50 heavy (non-hydrogen) atoms. The summed E-state index contributed by atoms with van der Waals surface area (Å²) in [5, 5.41) is 3.79. The predicted molar refractivity (Wildman–Crippen MR) is 238 cm³/mol. The Morgan fingerprint density at radius 2 is 1.10 bits per heavy atom. The number of nitrogens with one attached hydrogen (secondary N) is 1. The highest BCUT2D eigenvalue weighted by molar-refractivity contribution is 8.61. The maximum Gasteiger partial charge on any atom is 0.327 e. The van der Waals surface area contributed by atoms with Crippen molar-refractivity contribution in [1.29, 1.82) is 0 Å². The Hall–Kier alpha value is -1.19. The zero-order valence-electron chi connectivity index (χ0n) is 29.0. The molecule has 0 spiro atoms. The largest absolute Gasteiger partial charge is 0.462 e. The van der Waals surface area contributed by atoms with Crippen LogP contribution in [0.2, 0.25) is 0 Å². The zero-order valence-corrected chi connectivity index (χ0v) is 36.7. The van der Waals surface area contributed by atoms with Gasteiger partial charge in [0.2, 0.25) is 13.1 Å². The van der Waals surface area contributed by atoms with Crippen molar-refractivity contribution < 1.29 is 9.47 Å². The van der Waals surface area contributed by atoms with Gasteiger partial charge in [-0.15, -0.1) is 0 Å². The van der Waals surface area contributed by atoms with E-state index >= 15 is 0 Å². The van der Waals surface area contributed by atoms with Crippen LogP contribution in [0.1, 0.15) is 61.3 Å². The summed E-state index contributed by atoms with van der Waals surface area (Å²) in [5.74, 6) is 1.30. The van der Waals surface area contributed by atoms with E-state index in [0.29, 0.717) is 4.99 Å². The summed E-state index contributed by atoms with van der Waals surface area (Å²) in [4.78, 5) is 2.82. The summed E-state index contributed by atoms with van der Waals surface area (Å²) in [6, 6.07) is 33.5. The van der Waals surface area contributed by atoms with Gasteiger partial charge in [0, 0.05) is 9.79 Å². The molecular formula is C38H45NO2P2S7+2. The minimum atomic E-state index is -1.03. The van der Waals surface area contributed by atoms with Crippen LogP contribution >= 0.6 is 71.6 Å². The second-order valence-electron chi connectivity index (χ2n) is 12.1. The molecule has 4 aromatic carbocycles. The first-order chi connectivity index (χ1) is 24.1. The lowest BCUT2D eigenvalue weighted by molar-refractivity contribution is 0.202. The van der Waals surface area contributed by atoms with Crippen molar-refractivity contribution in [2.45, 2.75) is 85.2 Å². The highest BCUT2D eigenvalue weighted by atomic mass is 32.9. The van der Waals surface area contributed by atoms with Crippen molar-refractivity contribution in [2.75, 3.05) is 0 Å². The molecule has 1 N–H and O–H groups in total. The van der Waals surface area contributed by atoms with E-state index in [2.05, 4.69) is 113 Å². The molecule has 4 aromatic rings. The normalized spacial score (nSPS) is 14.4. The third-order valence-electron chi connectivity index (χ3n) is 7.83. The maximum atomic E-state index is 7.17. The van der Waals surface area contributed by atoms with Crippen LogP contribution in [0.4, 0.5) is 0 Å². The minimum Gasteiger partial charge on any atom is -0.462 e. The van der Waals surface area contributed by atoms with Crippen LogP contribution in [0.25, 0.3) is 0 Å². The van der Waals surface area contributed by atoms with E-state index in [1.54, 1.807) is 46.3 Å². The van der Waals surface area contributed by atoms with Gasteiger partial charge in [-0.2, -0.15) is 0 Å². The monoisotopic (exact) mass is 833 g/mol. The van der Waals surface area contributed by atoms with Crippen LogP contribution in [0.5, 0.6) is 11.5 Å². The lowest BCUT2D eigenvalue weighted by Gasteiger charge is -2.39. The molecule has 0 saturated heterocycles. The Morgan fingerprint density at radius 1 is 0.640 bits per heavy atom. The van der Waals surface area contributed by atoms with Crippen molar-refractivity contribution in [3.8, 4) is 11.5 Å². The molecule has 0 saturated carbocycles. The average Bonchev–Trinajstić information content (AvgIpc) is 3.09. The Bertz CT molecular complexity index is 1580. The summed E-state index contributed by atoms with van der Waals surface area (Å²) in [6.45, 7) is 10.9.